The molecule has 12 rings (SSSR count). The van der Waals surface area contributed by atoms with Crippen LogP contribution in [0.1, 0.15) is 0 Å². The van der Waals surface area contributed by atoms with E-state index in [9.17, 15) is 0 Å². The first kappa shape index (κ1) is 29.2. The summed E-state index contributed by atoms with van der Waals surface area (Å²) in [5, 5.41) is 9.87. The van der Waals surface area contributed by atoms with E-state index in [1.807, 2.05) is 35.1 Å². The third-order valence-corrected chi connectivity index (χ3v) is 13.3. The molecule has 0 bridgehead atoms. The molecular formula is C48H27N3S2. The number of nitrogens with zero attached hydrogens (tertiary/aromatic N) is 3. The predicted molar refractivity (Wildman–Crippen MR) is 228 cm³/mol. The van der Waals surface area contributed by atoms with Crippen LogP contribution in [0.5, 0.6) is 0 Å². The Kier molecular flexibility index (Phi) is 6.09. The van der Waals surface area contributed by atoms with Gasteiger partial charge in [-0.05, 0) is 82.9 Å². The minimum atomic E-state index is 1.02. The summed E-state index contributed by atoms with van der Waals surface area (Å²) in [4.78, 5) is 9.93. The molecule has 0 radical (unpaired) electrons. The maximum absolute atomic E-state index is 4.97. The Morgan fingerprint density at radius 3 is 1.34 bits per heavy atom. The van der Waals surface area contributed by atoms with Gasteiger partial charge in [0, 0.05) is 80.0 Å². The molecule has 0 fully saturated rings. The zero-order valence-corrected chi connectivity index (χ0v) is 29.9. The van der Waals surface area contributed by atoms with Crippen LogP contribution in [-0.2, 0) is 0 Å². The smallest absolute Gasteiger partial charge is 0.0722 e. The second-order valence-corrected chi connectivity index (χ2v) is 15.9. The quantitative estimate of drug-likeness (QED) is 0.183. The van der Waals surface area contributed by atoms with Crippen molar-refractivity contribution in [3.8, 4) is 27.9 Å². The molecule has 0 saturated carbocycles. The Hall–Kier alpha value is -6.40. The number of para-hydroxylation sites is 1. The number of pyridine rings is 2. The van der Waals surface area contributed by atoms with Gasteiger partial charge in [0.15, 0.2) is 0 Å². The Balaban J connectivity index is 1.03. The summed E-state index contributed by atoms with van der Waals surface area (Å²) in [5.74, 6) is 0. The van der Waals surface area contributed by atoms with Crippen LogP contribution < -0.4 is 0 Å². The van der Waals surface area contributed by atoms with E-state index in [2.05, 4.69) is 156 Å². The van der Waals surface area contributed by atoms with Crippen LogP contribution in [0.2, 0.25) is 0 Å². The molecule has 53 heavy (non-hydrogen) atoms. The van der Waals surface area contributed by atoms with Crippen LogP contribution in [-0.4, -0.2) is 14.5 Å². The lowest BCUT2D eigenvalue weighted by Gasteiger charge is -2.09. The lowest BCUT2D eigenvalue weighted by Crippen LogP contribution is -1.93. The van der Waals surface area contributed by atoms with Gasteiger partial charge in [-0.1, -0.05) is 91.0 Å². The van der Waals surface area contributed by atoms with Crippen molar-refractivity contribution in [3.05, 3.63) is 164 Å². The number of hydrogen-bond acceptors (Lipinski definition) is 4. The largest absolute Gasteiger partial charge is 0.309 e. The SMILES string of the molecule is c1ccc(-n2c3ccc(-c4ccc5c(c4)ncc4c6ccccc6sc54)cc3c3cc(-c4ccc5c(c4)ncc4c6ccccc6sc54)ccc32)cc1. The standard InChI is InChI=1S/C48H27N3S2/c1-2-8-32(9-3-1)51-43-20-16-28(30-14-18-35-41(24-30)49-26-39-33-10-4-6-12-45(33)52-47(35)39)22-37(43)38-23-29(17-21-44(38)51)31-15-19-36-42(25-31)50-27-40-34-11-5-7-13-46(34)53-48(36)40/h1-27H. The Bertz CT molecular complexity index is 3250. The molecule has 0 amide bonds. The summed E-state index contributed by atoms with van der Waals surface area (Å²) in [5.41, 5.74) is 10.2. The van der Waals surface area contributed by atoms with Gasteiger partial charge in [-0.2, -0.15) is 0 Å². The maximum atomic E-state index is 4.97. The van der Waals surface area contributed by atoms with Gasteiger partial charge in [0.1, 0.15) is 0 Å². The number of rotatable bonds is 3. The molecule has 3 nitrogen and oxygen atoms in total. The molecule has 246 valence electrons. The van der Waals surface area contributed by atoms with Crippen LogP contribution >= 0.6 is 22.7 Å². The monoisotopic (exact) mass is 709 g/mol. The minimum Gasteiger partial charge on any atom is -0.309 e. The molecule has 0 saturated heterocycles. The van der Waals surface area contributed by atoms with Crippen molar-refractivity contribution in [1.82, 2.24) is 14.5 Å². The van der Waals surface area contributed by atoms with Crippen LogP contribution in [0, 0.1) is 0 Å². The molecule has 7 aromatic carbocycles. The highest BCUT2D eigenvalue weighted by molar-refractivity contribution is 7.27. The normalized spacial score (nSPS) is 12.2. The van der Waals surface area contributed by atoms with E-state index in [4.69, 9.17) is 9.97 Å². The summed E-state index contributed by atoms with van der Waals surface area (Å²) < 4.78 is 7.59. The van der Waals surface area contributed by atoms with E-state index in [1.165, 1.54) is 84.0 Å². The van der Waals surface area contributed by atoms with Crippen molar-refractivity contribution in [2.45, 2.75) is 0 Å². The van der Waals surface area contributed by atoms with Crippen LogP contribution in [0.3, 0.4) is 0 Å². The van der Waals surface area contributed by atoms with Gasteiger partial charge in [0.2, 0.25) is 0 Å². The van der Waals surface area contributed by atoms with E-state index >= 15 is 0 Å². The lowest BCUT2D eigenvalue weighted by molar-refractivity contribution is 1.18. The third-order valence-electron chi connectivity index (χ3n) is 10.9. The second kappa shape index (κ2) is 11.1. The molecule has 5 aromatic heterocycles. The average molecular weight is 710 g/mol. The van der Waals surface area contributed by atoms with Crippen molar-refractivity contribution in [1.29, 1.82) is 0 Å². The zero-order chi connectivity index (χ0) is 34.6. The van der Waals surface area contributed by atoms with Gasteiger partial charge in [0.25, 0.3) is 0 Å². The van der Waals surface area contributed by atoms with Crippen LogP contribution in [0.15, 0.2) is 164 Å². The summed E-state index contributed by atoms with van der Waals surface area (Å²) in [6.07, 6.45) is 4.10. The topological polar surface area (TPSA) is 30.7 Å². The summed E-state index contributed by atoms with van der Waals surface area (Å²) in [6, 6.07) is 55.2. The molecule has 5 heteroatoms. The van der Waals surface area contributed by atoms with Gasteiger partial charge < -0.3 is 4.57 Å². The van der Waals surface area contributed by atoms with Gasteiger partial charge >= 0.3 is 0 Å². The highest BCUT2D eigenvalue weighted by Gasteiger charge is 2.17. The molecule has 0 N–H and O–H groups in total. The average Bonchev–Trinajstić information content (AvgIpc) is 3.90. The number of thiophene rings is 2. The van der Waals surface area contributed by atoms with Crippen molar-refractivity contribution in [3.63, 3.8) is 0 Å². The first-order chi connectivity index (χ1) is 26.2. The van der Waals surface area contributed by atoms with Crippen molar-refractivity contribution in [2.75, 3.05) is 0 Å². The molecule has 0 aliphatic carbocycles. The van der Waals surface area contributed by atoms with Crippen LogP contribution in [0.4, 0.5) is 0 Å². The molecule has 12 aromatic rings. The first-order valence-electron chi connectivity index (χ1n) is 17.8. The van der Waals surface area contributed by atoms with E-state index < -0.39 is 0 Å². The Labute approximate surface area is 311 Å². The van der Waals surface area contributed by atoms with Gasteiger partial charge in [-0.25, -0.2) is 0 Å². The second-order valence-electron chi connectivity index (χ2n) is 13.8. The van der Waals surface area contributed by atoms with Crippen molar-refractivity contribution >= 4 is 107 Å². The van der Waals surface area contributed by atoms with Gasteiger partial charge in [-0.3, -0.25) is 9.97 Å². The highest BCUT2D eigenvalue weighted by Crippen LogP contribution is 2.42. The zero-order valence-electron chi connectivity index (χ0n) is 28.2. The Morgan fingerprint density at radius 2 is 0.811 bits per heavy atom. The number of benzene rings is 7. The van der Waals surface area contributed by atoms with Gasteiger partial charge in [-0.15, -0.1) is 22.7 Å². The first-order valence-corrected chi connectivity index (χ1v) is 19.4. The van der Waals surface area contributed by atoms with Crippen molar-refractivity contribution < 1.29 is 0 Å². The fraction of sp³-hybridized carbons (Fsp3) is 0. The number of hydrogen-bond donors (Lipinski definition) is 0. The van der Waals surface area contributed by atoms with E-state index in [0.29, 0.717) is 0 Å². The predicted octanol–water partition coefficient (Wildman–Crippen LogP) is 13.9. The molecule has 0 aliphatic rings. The van der Waals surface area contributed by atoms with Gasteiger partial charge in [0.05, 0.1) is 22.1 Å². The maximum Gasteiger partial charge on any atom is 0.0722 e. The minimum absolute atomic E-state index is 1.02. The van der Waals surface area contributed by atoms with E-state index in [0.717, 1.165) is 27.8 Å². The molecule has 0 aliphatic heterocycles. The highest BCUT2D eigenvalue weighted by atomic mass is 32.1. The fourth-order valence-electron chi connectivity index (χ4n) is 8.31. The molecule has 0 spiro atoms. The van der Waals surface area contributed by atoms with Crippen molar-refractivity contribution in [2.24, 2.45) is 0 Å². The fourth-order valence-corrected chi connectivity index (χ4v) is 10.7. The van der Waals surface area contributed by atoms with E-state index in [-0.39, 0.29) is 0 Å². The number of aromatic nitrogens is 3. The lowest BCUT2D eigenvalue weighted by atomic mass is 9.98. The van der Waals surface area contributed by atoms with Crippen LogP contribution in [0.25, 0.3) is 112 Å². The molecule has 5 heterocycles. The third kappa shape index (κ3) is 4.32. The Morgan fingerprint density at radius 1 is 0.358 bits per heavy atom. The molecular weight excluding hydrogens is 683 g/mol. The summed E-state index contributed by atoms with van der Waals surface area (Å²) >= 11 is 3.70. The summed E-state index contributed by atoms with van der Waals surface area (Å²) in [6.45, 7) is 0. The molecule has 0 unspecified atom stereocenters. The molecule has 0 atom stereocenters. The number of fused-ring (bicyclic) bond motifs is 13. The van der Waals surface area contributed by atoms with E-state index in [1.54, 1.807) is 0 Å². The summed E-state index contributed by atoms with van der Waals surface area (Å²) in [7, 11) is 0.